The highest BCUT2D eigenvalue weighted by molar-refractivity contribution is 6.17. The van der Waals surface area contributed by atoms with E-state index in [0.29, 0.717) is 31.3 Å². The van der Waals surface area contributed by atoms with E-state index in [9.17, 15) is 64.5 Å². The van der Waals surface area contributed by atoms with Crippen molar-refractivity contribution in [1.29, 1.82) is 0 Å². The molecule has 2 aromatic carbocycles. The van der Waals surface area contributed by atoms with Gasteiger partial charge in [-0.2, -0.15) is 0 Å². The highest BCUT2D eigenvalue weighted by Gasteiger charge is 2.96. The number of hydrogen-bond donors (Lipinski definition) is 8. The zero-order valence-electron chi connectivity index (χ0n) is 36.8. The zero-order valence-corrected chi connectivity index (χ0v) is 36.8. The Morgan fingerprint density at radius 2 is 1.58 bits per heavy atom. The molecule has 2 saturated heterocycles. The summed E-state index contributed by atoms with van der Waals surface area (Å²) in [7, 11) is 0. The fraction of sp³-hybridized carbons (Fsp3) is 0.532. The molecule has 8 N–H and O–H groups in total. The molecule has 354 valence electrons. The van der Waals surface area contributed by atoms with Crippen molar-refractivity contribution in [2.75, 3.05) is 5.32 Å². The van der Waals surface area contributed by atoms with Gasteiger partial charge >= 0.3 is 17.6 Å². The third-order valence-corrected chi connectivity index (χ3v) is 14.0. The molecule has 0 radical (unpaired) electrons. The summed E-state index contributed by atoms with van der Waals surface area (Å²) in [6.07, 6.45) is -3.86. The number of aryl methyl sites for hydroxylation is 1. The van der Waals surface area contributed by atoms with Crippen LogP contribution in [-0.4, -0.2) is 112 Å². The van der Waals surface area contributed by atoms with Crippen molar-refractivity contribution in [3.8, 4) is 17.2 Å². The van der Waals surface area contributed by atoms with E-state index in [0.717, 1.165) is 18.9 Å². The number of carbonyl (C=O) groups excluding carboxylic acids is 5. The molecule has 19 heteroatoms. The summed E-state index contributed by atoms with van der Waals surface area (Å²) in [5.41, 5.74) is -11.3. The Labute approximate surface area is 376 Å². The first-order valence-corrected chi connectivity index (χ1v) is 22.1. The maximum Gasteiger partial charge on any atom is 0.364 e. The fourth-order valence-electron chi connectivity index (χ4n) is 10.8. The van der Waals surface area contributed by atoms with Crippen LogP contribution in [0.4, 0.5) is 5.69 Å². The van der Waals surface area contributed by atoms with Gasteiger partial charge in [0.25, 0.3) is 0 Å². The standard InChI is InChI=1S/C47H53NO18/c1-21-17-31(51)46(61)44(60,19-21)20-32(52)45-42(58)35-26(41(57)47(45,46)66-45)14-13-25(37(35)55)29-18-30(40(23(3)62-29)63-24(4)49)64-34(54)12-10-8-6-5-7-9-11-33(53)48-36-38(56)27-15-16-28(50)22(2)39(27)65-43(36)59/h13-17,23,29-30,32,40,42,50,52,55-56,58,60-61H,5-12,18-20H2,1-4H3,(H,48,53)/t23-,29-,30-,32+,40-,42+,44-,45-,46-,47+/m1/s1. The first kappa shape index (κ1) is 46.8. The highest BCUT2D eigenvalue weighted by atomic mass is 16.7. The number of aliphatic hydroxyl groups is 4. The van der Waals surface area contributed by atoms with Gasteiger partial charge in [0.1, 0.15) is 34.9 Å². The number of phenols is 2. The third kappa shape index (κ3) is 7.09. The van der Waals surface area contributed by atoms with E-state index in [4.69, 9.17) is 23.4 Å². The van der Waals surface area contributed by atoms with Crippen molar-refractivity contribution >= 4 is 46.1 Å². The summed E-state index contributed by atoms with van der Waals surface area (Å²) in [5, 5.41) is 81.9. The fourth-order valence-corrected chi connectivity index (χ4v) is 10.8. The number of aliphatic hydroxyl groups excluding tert-OH is 2. The Balaban J connectivity index is 0.869. The maximum absolute atomic E-state index is 14.4. The molecule has 10 atom stereocenters. The lowest BCUT2D eigenvalue weighted by atomic mass is 9.50. The molecular formula is C47H53NO18. The minimum Gasteiger partial charge on any atom is -0.508 e. The van der Waals surface area contributed by atoms with Crippen molar-refractivity contribution in [2.45, 2.75) is 157 Å². The molecule has 2 aliphatic heterocycles. The molecule has 3 fully saturated rings. The molecule has 66 heavy (non-hydrogen) atoms. The lowest BCUT2D eigenvalue weighted by Crippen LogP contribution is -2.78. The van der Waals surface area contributed by atoms with Crippen LogP contribution < -0.4 is 10.9 Å². The van der Waals surface area contributed by atoms with E-state index >= 15 is 0 Å². The average Bonchev–Trinajstić information content (AvgIpc) is 3.98. The molecule has 8 rings (SSSR count). The largest absolute Gasteiger partial charge is 0.508 e. The average molecular weight is 920 g/mol. The number of ketones is 2. The van der Waals surface area contributed by atoms with E-state index in [1.165, 1.54) is 38.1 Å². The van der Waals surface area contributed by atoms with Gasteiger partial charge in [0.15, 0.2) is 34.5 Å². The smallest absolute Gasteiger partial charge is 0.364 e. The summed E-state index contributed by atoms with van der Waals surface area (Å²) in [4.78, 5) is 78.3. The number of fused-ring (bicyclic) bond motifs is 3. The van der Waals surface area contributed by atoms with Crippen LogP contribution in [-0.2, 0) is 38.1 Å². The molecule has 5 aliphatic rings. The van der Waals surface area contributed by atoms with E-state index in [1.807, 2.05) is 0 Å². The van der Waals surface area contributed by atoms with Gasteiger partial charge in [-0.25, -0.2) is 4.79 Å². The Morgan fingerprint density at radius 1 is 0.894 bits per heavy atom. The van der Waals surface area contributed by atoms with Crippen molar-refractivity contribution in [2.24, 2.45) is 0 Å². The molecule has 0 unspecified atom stereocenters. The van der Waals surface area contributed by atoms with Crippen LogP contribution in [0.1, 0.15) is 131 Å². The second-order valence-corrected chi connectivity index (χ2v) is 18.3. The Hall–Kier alpha value is -5.70. The Kier molecular flexibility index (Phi) is 12.0. The van der Waals surface area contributed by atoms with Gasteiger partial charge in [0.2, 0.25) is 17.3 Å². The van der Waals surface area contributed by atoms with Crippen molar-refractivity contribution in [3.63, 3.8) is 0 Å². The number of nitrogens with one attached hydrogen (secondary N) is 1. The molecule has 0 spiro atoms. The summed E-state index contributed by atoms with van der Waals surface area (Å²) in [6, 6.07) is 5.31. The molecular weight excluding hydrogens is 867 g/mol. The molecule has 1 aromatic heterocycles. The Bertz CT molecular complexity index is 2640. The van der Waals surface area contributed by atoms with Crippen LogP contribution in [0.5, 0.6) is 17.2 Å². The first-order chi connectivity index (χ1) is 31.1. The van der Waals surface area contributed by atoms with Crippen LogP contribution in [0.15, 0.2) is 45.1 Å². The summed E-state index contributed by atoms with van der Waals surface area (Å²) < 4.78 is 28.6. The number of esters is 2. The predicted molar refractivity (Wildman–Crippen MR) is 227 cm³/mol. The number of epoxide rings is 1. The van der Waals surface area contributed by atoms with Crippen molar-refractivity contribution < 1.29 is 83.1 Å². The number of Topliss-reactive ketones (excluding diaryl/α,β-unsaturated/α-hetero) is 1. The summed E-state index contributed by atoms with van der Waals surface area (Å²) >= 11 is 0. The van der Waals surface area contributed by atoms with E-state index in [2.05, 4.69) is 5.32 Å². The first-order valence-electron chi connectivity index (χ1n) is 22.1. The van der Waals surface area contributed by atoms with Crippen LogP contribution in [0.3, 0.4) is 0 Å². The molecule has 3 aromatic rings. The quantitative estimate of drug-likeness (QED) is 0.0526. The third-order valence-electron chi connectivity index (χ3n) is 14.0. The number of phenolic OH excluding ortho intramolecular Hbond substituents is 2. The number of unbranched alkanes of at least 4 members (excludes halogenated alkanes) is 5. The van der Waals surface area contributed by atoms with Crippen molar-refractivity contribution in [1.82, 2.24) is 0 Å². The summed E-state index contributed by atoms with van der Waals surface area (Å²) in [6.45, 7) is 5.85. The number of hydrogen-bond acceptors (Lipinski definition) is 18. The number of rotatable bonds is 13. The number of carbonyl (C=O) groups is 5. The molecule has 1 amide bonds. The number of aromatic hydroxyl groups is 3. The predicted octanol–water partition coefficient (Wildman–Crippen LogP) is 3.55. The van der Waals surface area contributed by atoms with E-state index < -0.39 is 112 Å². The SMILES string of the molecule is CC(=O)O[C@@H]1[C@@H](C)O[C@@H](c2ccc3c(c2O)[C@H](O)[C@@]24O[C@]2(C3=O)[C@@]2(O)C(=O)C=C(C)C[C@@]2(O)C[C@@H]4O)C[C@H]1OC(=O)CCCCCCCCC(=O)Nc1c(O)c2ccc(O)c(C)c2oc1=O. The second kappa shape index (κ2) is 16.9. The normalized spacial score (nSPS) is 32.0. The van der Waals surface area contributed by atoms with Gasteiger partial charge in [-0.15, -0.1) is 0 Å². The topological polar surface area (TPSA) is 309 Å². The summed E-state index contributed by atoms with van der Waals surface area (Å²) in [5.74, 6) is -4.96. The molecule has 1 saturated carbocycles. The lowest BCUT2D eigenvalue weighted by molar-refractivity contribution is -0.210. The number of amides is 1. The second-order valence-electron chi connectivity index (χ2n) is 18.3. The van der Waals surface area contributed by atoms with Gasteiger partial charge in [-0.1, -0.05) is 43.4 Å². The minimum absolute atomic E-state index is 0.0129. The Morgan fingerprint density at radius 3 is 2.27 bits per heavy atom. The van der Waals surface area contributed by atoms with E-state index in [1.54, 1.807) is 13.8 Å². The zero-order chi connectivity index (χ0) is 47.8. The number of ether oxygens (including phenoxy) is 4. The lowest BCUT2D eigenvalue weighted by Gasteiger charge is -2.54. The van der Waals surface area contributed by atoms with Crippen molar-refractivity contribution in [3.05, 3.63) is 68.6 Å². The number of anilines is 1. The molecule has 19 nitrogen and oxygen atoms in total. The number of benzene rings is 2. The highest BCUT2D eigenvalue weighted by Crippen LogP contribution is 2.74. The monoisotopic (exact) mass is 919 g/mol. The van der Waals surface area contributed by atoms with Gasteiger partial charge < -0.3 is 64.4 Å². The van der Waals surface area contributed by atoms with Gasteiger partial charge in [0.05, 0.1) is 23.7 Å². The van der Waals surface area contributed by atoms with Gasteiger partial charge in [0, 0.05) is 61.3 Å². The molecule has 3 heterocycles. The minimum atomic E-state index is -2.86. The van der Waals surface area contributed by atoms with Crippen LogP contribution in [0, 0.1) is 6.92 Å². The van der Waals surface area contributed by atoms with Crippen LogP contribution >= 0.6 is 0 Å². The van der Waals surface area contributed by atoms with Gasteiger partial charge in [-0.05, 0) is 51.8 Å². The molecule has 0 bridgehead atoms. The molecule has 3 aliphatic carbocycles. The van der Waals surface area contributed by atoms with Crippen LogP contribution in [0.25, 0.3) is 11.0 Å². The van der Waals surface area contributed by atoms with E-state index in [-0.39, 0.29) is 70.3 Å². The maximum atomic E-state index is 14.4. The van der Waals surface area contributed by atoms with Gasteiger partial charge in [-0.3, -0.25) is 24.0 Å². The van der Waals surface area contributed by atoms with Crippen LogP contribution in [0.2, 0.25) is 0 Å².